The monoisotopic (exact) mass is 613 g/mol. The molecule has 0 unspecified atom stereocenters. The molecule has 2 aliphatic rings. The molecule has 1 aliphatic heterocycles. The lowest BCUT2D eigenvalue weighted by Gasteiger charge is -2.37. The molecule has 0 amide bonds. The van der Waals surface area contributed by atoms with E-state index in [4.69, 9.17) is 23.7 Å². The first-order valence-electron chi connectivity index (χ1n) is 13.3. The quantitative estimate of drug-likeness (QED) is 0.335. The lowest BCUT2D eigenvalue weighted by molar-refractivity contribution is -0.144. The van der Waals surface area contributed by atoms with Gasteiger partial charge in [-0.15, -0.1) is 0 Å². The number of Topliss-reactive ketones (excluding diaryl/α,β-unsaturated/α-hetero) is 1. The van der Waals surface area contributed by atoms with Crippen LogP contribution in [0.1, 0.15) is 63.0 Å². The van der Waals surface area contributed by atoms with E-state index in [9.17, 15) is 9.59 Å². The van der Waals surface area contributed by atoms with Crippen LogP contribution in [0.25, 0.3) is 0 Å². The fourth-order valence-electron chi connectivity index (χ4n) is 5.38. The Bertz CT molecular complexity index is 1380. The fraction of sp³-hybridized carbons (Fsp3) is 0.419. The maximum atomic E-state index is 14.0. The van der Waals surface area contributed by atoms with E-state index < -0.39 is 11.9 Å². The van der Waals surface area contributed by atoms with Crippen molar-refractivity contribution in [3.8, 4) is 23.0 Å². The van der Waals surface area contributed by atoms with E-state index in [1.807, 2.05) is 45.0 Å². The molecular formula is C31H36BrNO7. The van der Waals surface area contributed by atoms with Crippen molar-refractivity contribution in [2.75, 3.05) is 28.4 Å². The molecule has 2 aromatic rings. The highest BCUT2D eigenvalue weighted by molar-refractivity contribution is 9.10. The number of carbonyl (C=O) groups is 2. The Balaban J connectivity index is 1.84. The van der Waals surface area contributed by atoms with Crippen LogP contribution in [0.3, 0.4) is 0 Å². The number of methoxy groups -OCH3 is 4. The van der Waals surface area contributed by atoms with E-state index in [1.165, 1.54) is 0 Å². The van der Waals surface area contributed by atoms with Crippen molar-refractivity contribution < 1.29 is 33.3 Å². The Kier molecular flexibility index (Phi) is 9.13. The Hall–Kier alpha value is -3.46. The molecule has 2 aromatic carbocycles. The standard InChI is InChI=1S/C31H36BrNO7/c1-8-16(2)40-31(35)28-17(3)33-22-11-19(18-9-10-24(36-4)25(13-18)37-5)12-23(34)30(22)29(28)20-14-26(38-6)27(39-7)15-21(20)32/h9-10,13-16,19,29,33H,8,11-12H2,1-7H3/t16-,19-,29-/m0/s1. The van der Waals surface area contributed by atoms with Gasteiger partial charge < -0.3 is 29.0 Å². The highest BCUT2D eigenvalue weighted by atomic mass is 79.9. The van der Waals surface area contributed by atoms with Crippen LogP contribution in [0.15, 0.2) is 57.3 Å². The third kappa shape index (κ3) is 5.57. The third-order valence-corrected chi connectivity index (χ3v) is 8.31. The van der Waals surface area contributed by atoms with Gasteiger partial charge in [0, 0.05) is 33.8 Å². The summed E-state index contributed by atoms with van der Waals surface area (Å²) in [5.41, 5.74) is 4.11. The average Bonchev–Trinajstić information content (AvgIpc) is 2.95. The van der Waals surface area contributed by atoms with E-state index >= 15 is 0 Å². The van der Waals surface area contributed by atoms with Gasteiger partial charge in [-0.2, -0.15) is 0 Å². The van der Waals surface area contributed by atoms with Crippen molar-refractivity contribution in [1.29, 1.82) is 0 Å². The summed E-state index contributed by atoms with van der Waals surface area (Å²) < 4.78 is 28.4. The number of benzene rings is 2. The zero-order chi connectivity index (χ0) is 29.1. The summed E-state index contributed by atoms with van der Waals surface area (Å²) in [6.45, 7) is 5.67. The minimum absolute atomic E-state index is 0.0402. The minimum Gasteiger partial charge on any atom is -0.493 e. The van der Waals surface area contributed by atoms with Gasteiger partial charge in [0.1, 0.15) is 0 Å². The van der Waals surface area contributed by atoms with Crippen LogP contribution in [0.2, 0.25) is 0 Å². The zero-order valence-corrected chi connectivity index (χ0v) is 25.6. The smallest absolute Gasteiger partial charge is 0.337 e. The number of rotatable bonds is 9. The highest BCUT2D eigenvalue weighted by Crippen LogP contribution is 2.49. The normalized spacial score (nSPS) is 19.4. The van der Waals surface area contributed by atoms with Gasteiger partial charge in [0.05, 0.1) is 40.1 Å². The van der Waals surface area contributed by atoms with Gasteiger partial charge in [-0.25, -0.2) is 4.79 Å². The van der Waals surface area contributed by atoms with Gasteiger partial charge in [0.25, 0.3) is 0 Å². The van der Waals surface area contributed by atoms with Crippen LogP contribution < -0.4 is 24.3 Å². The second-order valence-corrected chi connectivity index (χ2v) is 10.8. The average molecular weight is 615 g/mol. The van der Waals surface area contributed by atoms with E-state index in [1.54, 1.807) is 34.5 Å². The number of dihydropyridines is 1. The first kappa shape index (κ1) is 29.5. The summed E-state index contributed by atoms with van der Waals surface area (Å²) >= 11 is 3.67. The van der Waals surface area contributed by atoms with Crippen molar-refractivity contribution in [3.63, 3.8) is 0 Å². The predicted molar refractivity (Wildman–Crippen MR) is 155 cm³/mol. The van der Waals surface area contributed by atoms with Crippen molar-refractivity contribution >= 4 is 27.7 Å². The molecule has 0 saturated carbocycles. The number of carbonyl (C=O) groups excluding carboxylic acids is 2. The van der Waals surface area contributed by atoms with Crippen molar-refractivity contribution in [2.45, 2.75) is 58.0 Å². The third-order valence-electron chi connectivity index (χ3n) is 7.62. The second kappa shape index (κ2) is 12.4. The van der Waals surface area contributed by atoms with E-state index in [0.29, 0.717) is 57.2 Å². The van der Waals surface area contributed by atoms with Gasteiger partial charge in [-0.3, -0.25) is 4.79 Å². The molecule has 3 atom stereocenters. The number of allylic oxidation sites excluding steroid dienone is 3. The van der Waals surface area contributed by atoms with Gasteiger partial charge in [0.2, 0.25) is 0 Å². The van der Waals surface area contributed by atoms with Crippen molar-refractivity contribution in [2.24, 2.45) is 0 Å². The van der Waals surface area contributed by atoms with Crippen molar-refractivity contribution in [3.05, 3.63) is 68.5 Å². The van der Waals surface area contributed by atoms with Gasteiger partial charge in [-0.05, 0) is 68.0 Å². The van der Waals surface area contributed by atoms with Crippen LogP contribution in [0.4, 0.5) is 0 Å². The molecule has 4 rings (SSSR count). The van der Waals surface area contributed by atoms with E-state index in [0.717, 1.165) is 16.8 Å². The number of hydrogen-bond acceptors (Lipinski definition) is 8. The van der Waals surface area contributed by atoms with Crippen LogP contribution >= 0.6 is 15.9 Å². The largest absolute Gasteiger partial charge is 0.493 e. The van der Waals surface area contributed by atoms with Crippen LogP contribution in [-0.4, -0.2) is 46.3 Å². The number of hydrogen-bond donors (Lipinski definition) is 1. The maximum absolute atomic E-state index is 14.0. The Labute approximate surface area is 243 Å². The minimum atomic E-state index is -0.652. The Morgan fingerprint density at radius 1 is 0.975 bits per heavy atom. The molecule has 214 valence electrons. The molecule has 1 aliphatic carbocycles. The number of halogens is 1. The molecule has 0 fully saturated rings. The van der Waals surface area contributed by atoms with Crippen molar-refractivity contribution in [1.82, 2.24) is 5.32 Å². The first-order valence-corrected chi connectivity index (χ1v) is 14.0. The van der Waals surface area contributed by atoms with E-state index in [2.05, 4.69) is 21.2 Å². The van der Waals surface area contributed by atoms with Crippen LogP contribution in [0.5, 0.6) is 23.0 Å². The molecule has 0 aromatic heterocycles. The second-order valence-electron chi connectivity index (χ2n) is 9.98. The molecule has 40 heavy (non-hydrogen) atoms. The molecule has 0 bridgehead atoms. The molecule has 8 nitrogen and oxygen atoms in total. The lowest BCUT2D eigenvalue weighted by Crippen LogP contribution is -2.36. The molecule has 1 heterocycles. The zero-order valence-electron chi connectivity index (χ0n) is 24.0. The summed E-state index contributed by atoms with van der Waals surface area (Å²) in [6.07, 6.45) is 1.28. The Morgan fingerprint density at radius 3 is 2.23 bits per heavy atom. The summed E-state index contributed by atoms with van der Waals surface area (Å²) in [7, 11) is 6.31. The predicted octanol–water partition coefficient (Wildman–Crippen LogP) is 6.19. The summed E-state index contributed by atoms with van der Waals surface area (Å²) in [5.74, 6) is 1.06. The highest BCUT2D eigenvalue weighted by Gasteiger charge is 2.42. The SMILES string of the molecule is CC[C@H](C)OC(=O)C1=C(C)NC2=C(C(=O)C[C@@H](c3ccc(OC)c(OC)c3)C2)[C@H]1c1cc(OC)c(OC)cc1Br. The number of nitrogens with one attached hydrogen (secondary N) is 1. The van der Waals surface area contributed by atoms with Gasteiger partial charge in [-0.1, -0.05) is 28.9 Å². The topological polar surface area (TPSA) is 92.3 Å². The number of ether oxygens (including phenoxy) is 5. The molecular weight excluding hydrogens is 578 g/mol. The summed E-state index contributed by atoms with van der Waals surface area (Å²) in [6, 6.07) is 9.36. The summed E-state index contributed by atoms with van der Waals surface area (Å²) in [5, 5.41) is 3.40. The molecule has 0 radical (unpaired) electrons. The molecule has 0 spiro atoms. The molecule has 0 saturated heterocycles. The summed E-state index contributed by atoms with van der Waals surface area (Å²) in [4.78, 5) is 27.6. The first-order chi connectivity index (χ1) is 19.2. The van der Waals surface area contributed by atoms with Crippen LogP contribution in [0, 0.1) is 0 Å². The number of esters is 1. The number of ketones is 1. The molecule has 9 heteroatoms. The maximum Gasteiger partial charge on any atom is 0.337 e. The van der Waals surface area contributed by atoms with E-state index in [-0.39, 0.29) is 24.2 Å². The van der Waals surface area contributed by atoms with Gasteiger partial charge >= 0.3 is 5.97 Å². The fourth-order valence-corrected chi connectivity index (χ4v) is 5.94. The van der Waals surface area contributed by atoms with Crippen LogP contribution in [-0.2, 0) is 14.3 Å². The molecule has 1 N–H and O–H groups in total. The van der Waals surface area contributed by atoms with Gasteiger partial charge in [0.15, 0.2) is 28.8 Å². The Morgan fingerprint density at radius 2 is 1.60 bits per heavy atom. The lowest BCUT2D eigenvalue weighted by atomic mass is 9.71.